The van der Waals surface area contributed by atoms with Gasteiger partial charge in [-0.2, -0.15) is 5.26 Å². The third-order valence-electron chi connectivity index (χ3n) is 3.74. The summed E-state index contributed by atoms with van der Waals surface area (Å²) in [4.78, 5) is 13.9. The zero-order valence-electron chi connectivity index (χ0n) is 14.1. The number of carbonyl (C=O) groups excluding carboxylic acids is 1. The third kappa shape index (κ3) is 4.26. The first-order valence-corrected chi connectivity index (χ1v) is 7.54. The Kier molecular flexibility index (Phi) is 5.80. The molecule has 0 saturated carbocycles. The first-order chi connectivity index (χ1) is 11.5. The standard InChI is InChI=1S/C19H20N2O3/c1-14-6-4-5-7-16(14)12-21(2)19(22)13-24-17-9-8-15(11-20)10-18(17)23-3/h4-10H,12-13H2,1-3H3. The van der Waals surface area contributed by atoms with Crippen LogP contribution in [0.15, 0.2) is 42.5 Å². The van der Waals surface area contributed by atoms with Gasteiger partial charge in [0.1, 0.15) is 0 Å². The molecule has 0 N–H and O–H groups in total. The predicted octanol–water partition coefficient (Wildman–Crippen LogP) is 2.91. The van der Waals surface area contributed by atoms with Gasteiger partial charge in [-0.15, -0.1) is 0 Å². The minimum Gasteiger partial charge on any atom is -0.493 e. The number of likely N-dealkylation sites (N-methyl/N-ethyl adjacent to an activating group) is 1. The van der Waals surface area contributed by atoms with Crippen LogP contribution in [0.1, 0.15) is 16.7 Å². The maximum absolute atomic E-state index is 12.3. The van der Waals surface area contributed by atoms with Crippen LogP contribution in [0.25, 0.3) is 0 Å². The molecule has 2 rings (SSSR count). The number of carbonyl (C=O) groups is 1. The summed E-state index contributed by atoms with van der Waals surface area (Å²) in [6.45, 7) is 2.45. The smallest absolute Gasteiger partial charge is 0.260 e. The number of ether oxygens (including phenoxy) is 2. The molecule has 5 nitrogen and oxygen atoms in total. The lowest BCUT2D eigenvalue weighted by Gasteiger charge is -2.19. The highest BCUT2D eigenvalue weighted by molar-refractivity contribution is 5.77. The van der Waals surface area contributed by atoms with Gasteiger partial charge in [0, 0.05) is 19.7 Å². The summed E-state index contributed by atoms with van der Waals surface area (Å²) in [5.41, 5.74) is 2.72. The van der Waals surface area contributed by atoms with Crippen molar-refractivity contribution in [3.05, 3.63) is 59.2 Å². The van der Waals surface area contributed by atoms with E-state index in [0.717, 1.165) is 11.1 Å². The van der Waals surface area contributed by atoms with Crippen LogP contribution in [-0.2, 0) is 11.3 Å². The number of hydrogen-bond acceptors (Lipinski definition) is 4. The molecule has 1 amide bonds. The summed E-state index contributed by atoms with van der Waals surface area (Å²) in [5.74, 6) is 0.738. The van der Waals surface area contributed by atoms with Gasteiger partial charge in [0.25, 0.3) is 5.91 Å². The topological polar surface area (TPSA) is 62.6 Å². The number of methoxy groups -OCH3 is 1. The Morgan fingerprint density at radius 2 is 1.96 bits per heavy atom. The molecule has 5 heteroatoms. The minimum absolute atomic E-state index is 0.0926. The lowest BCUT2D eigenvalue weighted by molar-refractivity contribution is -0.132. The molecule has 0 heterocycles. The summed E-state index contributed by atoms with van der Waals surface area (Å²) in [7, 11) is 3.24. The lowest BCUT2D eigenvalue weighted by Crippen LogP contribution is -2.31. The second-order valence-electron chi connectivity index (χ2n) is 5.44. The van der Waals surface area contributed by atoms with E-state index in [9.17, 15) is 4.79 Å². The summed E-state index contributed by atoms with van der Waals surface area (Å²) in [6.07, 6.45) is 0. The maximum atomic E-state index is 12.3. The molecule has 0 aliphatic heterocycles. The molecule has 0 spiro atoms. The van der Waals surface area contributed by atoms with Crippen molar-refractivity contribution in [2.45, 2.75) is 13.5 Å². The number of aryl methyl sites for hydroxylation is 1. The van der Waals surface area contributed by atoms with Crippen LogP contribution in [0.4, 0.5) is 0 Å². The van der Waals surface area contributed by atoms with Gasteiger partial charge in [-0.3, -0.25) is 4.79 Å². The van der Waals surface area contributed by atoms with Gasteiger partial charge < -0.3 is 14.4 Å². The Morgan fingerprint density at radius 3 is 2.62 bits per heavy atom. The van der Waals surface area contributed by atoms with Crippen molar-refractivity contribution in [2.75, 3.05) is 20.8 Å². The molecule has 0 aliphatic carbocycles. The molecular weight excluding hydrogens is 304 g/mol. The van der Waals surface area contributed by atoms with Crippen LogP contribution in [0.3, 0.4) is 0 Å². The Morgan fingerprint density at radius 1 is 1.21 bits per heavy atom. The SMILES string of the molecule is COc1cc(C#N)ccc1OCC(=O)N(C)Cc1ccccc1C. The third-order valence-corrected chi connectivity index (χ3v) is 3.74. The van der Waals surface area contributed by atoms with Gasteiger partial charge in [-0.05, 0) is 30.2 Å². The van der Waals surface area contributed by atoms with Gasteiger partial charge in [-0.25, -0.2) is 0 Å². The van der Waals surface area contributed by atoms with Crippen molar-refractivity contribution in [1.82, 2.24) is 4.90 Å². The zero-order chi connectivity index (χ0) is 17.5. The number of rotatable bonds is 6. The second-order valence-corrected chi connectivity index (χ2v) is 5.44. The van der Waals surface area contributed by atoms with Gasteiger partial charge in [0.05, 0.1) is 18.7 Å². The van der Waals surface area contributed by atoms with E-state index in [1.807, 2.05) is 37.3 Å². The Balaban J connectivity index is 1.98. The van der Waals surface area contributed by atoms with Crippen molar-refractivity contribution < 1.29 is 14.3 Å². The molecule has 0 aliphatic rings. The number of hydrogen-bond donors (Lipinski definition) is 0. The van der Waals surface area contributed by atoms with Crippen molar-refractivity contribution in [3.8, 4) is 17.6 Å². The van der Waals surface area contributed by atoms with Gasteiger partial charge in [-0.1, -0.05) is 24.3 Å². The van der Waals surface area contributed by atoms with E-state index in [2.05, 4.69) is 0 Å². The van der Waals surface area contributed by atoms with E-state index < -0.39 is 0 Å². The van der Waals surface area contributed by atoms with Crippen molar-refractivity contribution in [2.24, 2.45) is 0 Å². The molecule has 124 valence electrons. The molecule has 0 saturated heterocycles. The van der Waals surface area contributed by atoms with E-state index in [1.54, 1.807) is 30.1 Å². The van der Waals surface area contributed by atoms with E-state index in [4.69, 9.17) is 14.7 Å². The van der Waals surface area contributed by atoms with E-state index in [1.165, 1.54) is 7.11 Å². The highest BCUT2D eigenvalue weighted by Gasteiger charge is 2.13. The van der Waals surface area contributed by atoms with Crippen LogP contribution in [0, 0.1) is 18.3 Å². The molecule has 0 radical (unpaired) electrons. The Hall–Kier alpha value is -3.00. The van der Waals surface area contributed by atoms with Crippen LogP contribution in [0.5, 0.6) is 11.5 Å². The number of amides is 1. The highest BCUT2D eigenvalue weighted by atomic mass is 16.5. The normalized spacial score (nSPS) is 9.92. The van der Waals surface area contributed by atoms with Gasteiger partial charge >= 0.3 is 0 Å². The summed E-state index contributed by atoms with van der Waals surface area (Å²) >= 11 is 0. The number of nitriles is 1. The Labute approximate surface area is 142 Å². The largest absolute Gasteiger partial charge is 0.493 e. The predicted molar refractivity (Wildman–Crippen MR) is 90.9 cm³/mol. The van der Waals surface area contributed by atoms with Crippen LogP contribution >= 0.6 is 0 Å². The fourth-order valence-electron chi connectivity index (χ4n) is 2.24. The average Bonchev–Trinajstić information content (AvgIpc) is 2.61. The fraction of sp³-hybridized carbons (Fsp3) is 0.263. The molecule has 2 aromatic rings. The summed E-state index contributed by atoms with van der Waals surface area (Å²) in [5, 5.41) is 8.89. The molecule has 0 bridgehead atoms. The maximum Gasteiger partial charge on any atom is 0.260 e. The minimum atomic E-state index is -0.135. The number of benzene rings is 2. The summed E-state index contributed by atoms with van der Waals surface area (Å²) in [6, 6.07) is 14.8. The monoisotopic (exact) mass is 324 g/mol. The van der Waals surface area contributed by atoms with E-state index in [0.29, 0.717) is 23.6 Å². The number of nitrogens with zero attached hydrogens (tertiary/aromatic N) is 2. The molecule has 24 heavy (non-hydrogen) atoms. The average molecular weight is 324 g/mol. The first-order valence-electron chi connectivity index (χ1n) is 7.54. The molecule has 0 atom stereocenters. The molecule has 0 unspecified atom stereocenters. The van der Waals surface area contributed by atoms with Gasteiger partial charge in [0.15, 0.2) is 18.1 Å². The summed E-state index contributed by atoms with van der Waals surface area (Å²) < 4.78 is 10.7. The van der Waals surface area contributed by atoms with Crippen LogP contribution in [0.2, 0.25) is 0 Å². The molecular formula is C19H20N2O3. The molecule has 2 aromatic carbocycles. The molecule has 0 fully saturated rings. The first kappa shape index (κ1) is 17.4. The second kappa shape index (κ2) is 8.02. The highest BCUT2D eigenvalue weighted by Crippen LogP contribution is 2.27. The zero-order valence-corrected chi connectivity index (χ0v) is 14.1. The van der Waals surface area contributed by atoms with Crippen molar-refractivity contribution >= 4 is 5.91 Å². The van der Waals surface area contributed by atoms with Gasteiger partial charge in [0.2, 0.25) is 0 Å². The van der Waals surface area contributed by atoms with Crippen LogP contribution < -0.4 is 9.47 Å². The van der Waals surface area contributed by atoms with E-state index in [-0.39, 0.29) is 12.5 Å². The fourth-order valence-corrected chi connectivity index (χ4v) is 2.24. The van der Waals surface area contributed by atoms with Crippen molar-refractivity contribution in [3.63, 3.8) is 0 Å². The molecule has 0 aromatic heterocycles. The Bertz CT molecular complexity index is 765. The van der Waals surface area contributed by atoms with Crippen LogP contribution in [-0.4, -0.2) is 31.6 Å². The van der Waals surface area contributed by atoms with E-state index >= 15 is 0 Å². The van der Waals surface area contributed by atoms with Crippen molar-refractivity contribution in [1.29, 1.82) is 5.26 Å². The quantitative estimate of drug-likeness (QED) is 0.819. The lowest BCUT2D eigenvalue weighted by atomic mass is 10.1.